The highest BCUT2D eigenvalue weighted by Gasteiger charge is 2.19. The third-order valence-corrected chi connectivity index (χ3v) is 11.5. The predicted molar refractivity (Wildman–Crippen MR) is 256 cm³/mol. The Balaban J connectivity index is 1.24. The molecule has 5 heterocycles. The van der Waals surface area contributed by atoms with Crippen LogP contribution in [0.2, 0.25) is 0 Å². The number of H-pyrrole nitrogens is 2. The van der Waals surface area contributed by atoms with E-state index in [-0.39, 0.29) is 0 Å². The van der Waals surface area contributed by atoms with Gasteiger partial charge in [-0.25, -0.2) is 9.97 Å². The van der Waals surface area contributed by atoms with Gasteiger partial charge < -0.3 is 14.7 Å². The molecular formula is C56H44N4O. The van der Waals surface area contributed by atoms with E-state index in [4.69, 9.17) is 14.7 Å². The van der Waals surface area contributed by atoms with Crippen LogP contribution in [-0.2, 0) is 6.61 Å². The van der Waals surface area contributed by atoms with Gasteiger partial charge >= 0.3 is 0 Å². The van der Waals surface area contributed by atoms with Gasteiger partial charge in [0.05, 0.1) is 22.8 Å². The van der Waals surface area contributed by atoms with Crippen molar-refractivity contribution in [2.45, 2.75) is 27.4 Å². The Morgan fingerprint density at radius 3 is 1.08 bits per heavy atom. The van der Waals surface area contributed by atoms with Crippen molar-refractivity contribution in [3.8, 4) is 50.3 Å². The Morgan fingerprint density at radius 1 is 0.426 bits per heavy atom. The lowest BCUT2D eigenvalue weighted by Gasteiger charge is -2.09. The Bertz CT molecular complexity index is 3140. The number of hydrogen-bond donors (Lipinski definition) is 2. The summed E-state index contributed by atoms with van der Waals surface area (Å²) in [4.78, 5) is 18.6. The van der Waals surface area contributed by atoms with Crippen molar-refractivity contribution in [3.63, 3.8) is 0 Å². The lowest BCUT2D eigenvalue weighted by molar-refractivity contribution is 0.306. The lowest BCUT2D eigenvalue weighted by Crippen LogP contribution is -1.95. The number of nitrogens with one attached hydrogen (secondary N) is 2. The molecule has 5 aromatic carbocycles. The van der Waals surface area contributed by atoms with Crippen LogP contribution in [0.25, 0.3) is 97.0 Å². The standard InChI is InChI=1S/C56H44N4O/c1-5-38-12-14-39(15-13-38)34-61-44-24-22-43(23-25-44)56-51-32-30-49(59-51)54(41-18-8-36(3)9-19-41)47-28-26-45(57-47)53(40-16-6-35(2)7-17-40)46-27-29-48(58-46)55(50-31-33-52(56)60-50)42-20-10-37(4)11-21-42/h5-33,57,60H,1,34H2,2-4H3. The number of aromatic nitrogens is 4. The van der Waals surface area contributed by atoms with Crippen LogP contribution >= 0.6 is 0 Å². The molecule has 0 saturated heterocycles. The van der Waals surface area contributed by atoms with E-state index in [9.17, 15) is 0 Å². The van der Waals surface area contributed by atoms with Gasteiger partial charge in [0.15, 0.2) is 0 Å². The summed E-state index contributed by atoms with van der Waals surface area (Å²) in [5, 5.41) is 0. The Labute approximate surface area is 356 Å². The zero-order chi connectivity index (χ0) is 41.5. The zero-order valence-corrected chi connectivity index (χ0v) is 34.5. The average Bonchev–Trinajstić information content (AvgIpc) is 4.14. The van der Waals surface area contributed by atoms with Crippen molar-refractivity contribution in [1.29, 1.82) is 0 Å². The molecule has 2 aliphatic rings. The summed E-state index contributed by atoms with van der Waals surface area (Å²) in [5.41, 5.74) is 21.5. The van der Waals surface area contributed by atoms with E-state index in [0.717, 1.165) is 106 Å². The number of rotatable bonds is 8. The molecule has 8 bridgehead atoms. The van der Waals surface area contributed by atoms with Gasteiger partial charge in [0.1, 0.15) is 12.4 Å². The molecule has 0 unspecified atom stereocenters. The summed E-state index contributed by atoms with van der Waals surface area (Å²) in [7, 11) is 0. The molecule has 8 aromatic rings. The quantitative estimate of drug-likeness (QED) is 0.161. The van der Waals surface area contributed by atoms with Gasteiger partial charge in [0.2, 0.25) is 0 Å². The molecule has 2 N–H and O–H groups in total. The number of aromatic amines is 2. The van der Waals surface area contributed by atoms with E-state index in [1.165, 1.54) is 16.7 Å². The van der Waals surface area contributed by atoms with Crippen molar-refractivity contribution in [2.24, 2.45) is 0 Å². The van der Waals surface area contributed by atoms with Crippen LogP contribution in [0.3, 0.4) is 0 Å². The largest absolute Gasteiger partial charge is 0.489 e. The Kier molecular flexibility index (Phi) is 9.70. The van der Waals surface area contributed by atoms with Gasteiger partial charge in [0.25, 0.3) is 0 Å². The topological polar surface area (TPSA) is 66.6 Å². The minimum atomic E-state index is 0.471. The Morgan fingerprint density at radius 2 is 0.754 bits per heavy atom. The first-order chi connectivity index (χ1) is 29.9. The van der Waals surface area contributed by atoms with Gasteiger partial charge in [-0.15, -0.1) is 0 Å². The number of fused-ring (bicyclic) bond motifs is 8. The van der Waals surface area contributed by atoms with Crippen molar-refractivity contribution >= 4 is 52.4 Å². The van der Waals surface area contributed by atoms with Crippen molar-refractivity contribution in [3.05, 3.63) is 203 Å². The first-order valence-corrected chi connectivity index (χ1v) is 20.7. The molecule has 61 heavy (non-hydrogen) atoms. The van der Waals surface area contributed by atoms with Crippen LogP contribution < -0.4 is 4.74 Å². The highest BCUT2D eigenvalue weighted by Crippen LogP contribution is 2.39. The minimum absolute atomic E-state index is 0.471. The molecule has 0 amide bonds. The summed E-state index contributed by atoms with van der Waals surface area (Å²) < 4.78 is 6.26. The molecule has 0 radical (unpaired) electrons. The minimum Gasteiger partial charge on any atom is -0.489 e. The normalized spacial score (nSPS) is 11.9. The molecule has 5 nitrogen and oxygen atoms in total. The lowest BCUT2D eigenvalue weighted by atomic mass is 10.0. The number of nitrogens with zero attached hydrogens (tertiary/aromatic N) is 2. The molecule has 0 atom stereocenters. The monoisotopic (exact) mass is 788 g/mol. The first kappa shape index (κ1) is 37.5. The number of hydrogen-bond acceptors (Lipinski definition) is 3. The summed E-state index contributed by atoms with van der Waals surface area (Å²) in [6, 6.07) is 51.4. The van der Waals surface area contributed by atoms with Crippen molar-refractivity contribution < 1.29 is 4.74 Å². The second kappa shape index (κ2) is 15.8. The van der Waals surface area contributed by atoms with Crippen molar-refractivity contribution in [1.82, 2.24) is 19.9 Å². The van der Waals surface area contributed by atoms with Crippen LogP contribution in [0, 0.1) is 20.8 Å². The van der Waals surface area contributed by atoms with Gasteiger partial charge in [-0.2, -0.15) is 0 Å². The molecule has 0 saturated carbocycles. The third kappa shape index (κ3) is 7.43. The molecule has 2 aliphatic heterocycles. The molecule has 10 rings (SSSR count). The molecule has 3 aromatic heterocycles. The van der Waals surface area contributed by atoms with Gasteiger partial charge in [-0.3, -0.25) is 0 Å². The number of ether oxygens (including phenoxy) is 1. The summed E-state index contributed by atoms with van der Waals surface area (Å²) in [6.07, 6.45) is 10.4. The van der Waals surface area contributed by atoms with E-state index in [1.807, 2.05) is 18.2 Å². The molecule has 5 heteroatoms. The van der Waals surface area contributed by atoms with E-state index in [1.54, 1.807) is 0 Å². The maximum atomic E-state index is 6.26. The maximum absolute atomic E-state index is 6.26. The predicted octanol–water partition coefficient (Wildman–Crippen LogP) is 14.5. The fourth-order valence-corrected chi connectivity index (χ4v) is 8.22. The van der Waals surface area contributed by atoms with Crippen LogP contribution in [0.15, 0.2) is 152 Å². The molecule has 0 fully saturated rings. The summed E-state index contributed by atoms with van der Waals surface area (Å²) in [5.74, 6) is 0.793. The van der Waals surface area contributed by atoms with Crippen molar-refractivity contribution in [2.75, 3.05) is 0 Å². The number of aryl methyl sites for hydroxylation is 3. The summed E-state index contributed by atoms with van der Waals surface area (Å²) in [6.45, 7) is 10.7. The Hall–Kier alpha value is -7.76. The molecule has 0 aliphatic carbocycles. The van der Waals surface area contributed by atoms with Crippen LogP contribution in [-0.4, -0.2) is 19.9 Å². The van der Waals surface area contributed by atoms with Crippen LogP contribution in [0.1, 0.15) is 50.6 Å². The SMILES string of the molecule is C=Cc1ccc(COc2ccc(-c3c4nc(c(-c5ccc(C)cc5)c5ccc([nH]5)c(-c5ccc(C)cc5)c5nc(c(-c6ccc(C)cc6)c6ccc3[nH]6)C=C5)C=C4)cc2)cc1. The zero-order valence-electron chi connectivity index (χ0n) is 34.5. The molecule has 0 spiro atoms. The summed E-state index contributed by atoms with van der Waals surface area (Å²) >= 11 is 0. The van der Waals surface area contributed by atoms with Gasteiger partial charge in [0, 0.05) is 44.3 Å². The highest BCUT2D eigenvalue weighted by molar-refractivity contribution is 5.99. The van der Waals surface area contributed by atoms with E-state index < -0.39 is 0 Å². The maximum Gasteiger partial charge on any atom is 0.119 e. The van der Waals surface area contributed by atoms with Gasteiger partial charge in [-0.05, 0) is 115 Å². The number of benzene rings is 5. The second-order valence-electron chi connectivity index (χ2n) is 15.9. The van der Waals surface area contributed by atoms with E-state index in [2.05, 4.69) is 195 Å². The fraction of sp³-hybridized carbons (Fsp3) is 0.0714. The van der Waals surface area contributed by atoms with Crippen LogP contribution in [0.4, 0.5) is 0 Å². The third-order valence-electron chi connectivity index (χ3n) is 11.5. The average molecular weight is 789 g/mol. The van der Waals surface area contributed by atoms with E-state index in [0.29, 0.717) is 6.61 Å². The fourth-order valence-electron chi connectivity index (χ4n) is 8.22. The second-order valence-corrected chi connectivity index (χ2v) is 15.9. The van der Waals surface area contributed by atoms with Crippen LogP contribution in [0.5, 0.6) is 5.75 Å². The molecule has 294 valence electrons. The first-order valence-electron chi connectivity index (χ1n) is 20.7. The van der Waals surface area contributed by atoms with Gasteiger partial charge in [-0.1, -0.05) is 139 Å². The van der Waals surface area contributed by atoms with E-state index >= 15 is 0 Å². The molecular weight excluding hydrogens is 745 g/mol. The highest BCUT2D eigenvalue weighted by atomic mass is 16.5. The smallest absolute Gasteiger partial charge is 0.119 e.